The van der Waals surface area contributed by atoms with Gasteiger partial charge in [-0.1, -0.05) is 0 Å². The van der Waals surface area contributed by atoms with Crippen LogP contribution in [0.15, 0.2) is 22.9 Å². The van der Waals surface area contributed by atoms with Crippen LogP contribution in [0.3, 0.4) is 0 Å². The normalized spacial score (nSPS) is 10.6. The first-order chi connectivity index (χ1) is 8.09. The van der Waals surface area contributed by atoms with Gasteiger partial charge < -0.3 is 10.1 Å². The minimum Gasteiger partial charge on any atom is -0.375 e. The highest BCUT2D eigenvalue weighted by molar-refractivity contribution is 9.10. The standard InChI is InChI=1S/C10H11BrF2N2O2/c11-7-5-14-3-1-8(7)15-10(16)2-4-17-6-9(12)13/h1,3,5,9H,2,4,6H2,(H,14,15,16). The maximum atomic E-state index is 11.7. The Hall–Kier alpha value is -1.08. The molecule has 94 valence electrons. The van der Waals surface area contributed by atoms with Crippen LogP contribution in [0.4, 0.5) is 14.5 Å². The van der Waals surface area contributed by atoms with Gasteiger partial charge in [0.15, 0.2) is 0 Å². The number of carbonyl (C=O) groups is 1. The molecule has 0 aliphatic rings. The summed E-state index contributed by atoms with van der Waals surface area (Å²) in [6.07, 6.45) is 0.602. The van der Waals surface area contributed by atoms with Gasteiger partial charge in [0, 0.05) is 12.4 Å². The number of nitrogens with one attached hydrogen (secondary N) is 1. The van der Waals surface area contributed by atoms with Crippen molar-refractivity contribution in [3.8, 4) is 0 Å². The molecule has 0 bridgehead atoms. The predicted molar refractivity (Wildman–Crippen MR) is 62.0 cm³/mol. The van der Waals surface area contributed by atoms with Crippen molar-refractivity contribution in [3.05, 3.63) is 22.9 Å². The van der Waals surface area contributed by atoms with Crippen molar-refractivity contribution in [2.45, 2.75) is 12.8 Å². The topological polar surface area (TPSA) is 51.2 Å². The monoisotopic (exact) mass is 308 g/mol. The van der Waals surface area contributed by atoms with Gasteiger partial charge in [-0.25, -0.2) is 8.78 Å². The van der Waals surface area contributed by atoms with Crippen molar-refractivity contribution in [1.29, 1.82) is 0 Å². The Morgan fingerprint density at radius 1 is 1.59 bits per heavy atom. The molecule has 1 aromatic heterocycles. The molecule has 0 unspecified atom stereocenters. The van der Waals surface area contributed by atoms with Crippen LogP contribution in [-0.4, -0.2) is 30.5 Å². The van der Waals surface area contributed by atoms with E-state index in [-0.39, 0.29) is 18.9 Å². The molecule has 0 fully saturated rings. The molecule has 7 heteroatoms. The number of rotatable bonds is 6. The van der Waals surface area contributed by atoms with Crippen molar-refractivity contribution in [2.24, 2.45) is 0 Å². The Kier molecular flexibility index (Phi) is 5.99. The van der Waals surface area contributed by atoms with E-state index in [9.17, 15) is 13.6 Å². The van der Waals surface area contributed by atoms with Crippen molar-refractivity contribution in [3.63, 3.8) is 0 Å². The number of nitrogens with zero attached hydrogens (tertiary/aromatic N) is 1. The minimum absolute atomic E-state index is 0.0289. The smallest absolute Gasteiger partial charge is 0.261 e. The van der Waals surface area contributed by atoms with E-state index in [0.717, 1.165) is 0 Å². The lowest BCUT2D eigenvalue weighted by molar-refractivity contribution is -0.117. The summed E-state index contributed by atoms with van der Waals surface area (Å²) in [6.45, 7) is -0.675. The molecule has 1 amide bonds. The summed E-state index contributed by atoms with van der Waals surface area (Å²) in [5.74, 6) is -0.300. The van der Waals surface area contributed by atoms with E-state index in [1.54, 1.807) is 12.3 Å². The summed E-state index contributed by atoms with van der Waals surface area (Å²) in [5.41, 5.74) is 0.582. The molecular weight excluding hydrogens is 298 g/mol. The van der Waals surface area contributed by atoms with Crippen molar-refractivity contribution in [1.82, 2.24) is 4.98 Å². The number of carbonyl (C=O) groups excluding carboxylic acids is 1. The molecule has 1 heterocycles. The number of hydrogen-bond donors (Lipinski definition) is 1. The first-order valence-corrected chi connectivity index (χ1v) is 5.64. The maximum Gasteiger partial charge on any atom is 0.261 e. The zero-order chi connectivity index (χ0) is 12.7. The summed E-state index contributed by atoms with van der Waals surface area (Å²) in [7, 11) is 0. The molecular formula is C10H11BrF2N2O2. The molecule has 0 atom stereocenters. The van der Waals surface area contributed by atoms with Crippen molar-refractivity contribution in [2.75, 3.05) is 18.5 Å². The third-order valence-electron chi connectivity index (χ3n) is 1.76. The van der Waals surface area contributed by atoms with Gasteiger partial charge in [0.05, 0.1) is 23.2 Å². The highest BCUT2D eigenvalue weighted by Gasteiger charge is 2.06. The molecule has 1 aromatic rings. The summed E-state index contributed by atoms with van der Waals surface area (Å²) in [6, 6.07) is 1.63. The highest BCUT2D eigenvalue weighted by atomic mass is 79.9. The molecule has 1 rings (SSSR count). The average molecular weight is 309 g/mol. The fourth-order valence-corrected chi connectivity index (χ4v) is 1.38. The quantitative estimate of drug-likeness (QED) is 0.821. The van der Waals surface area contributed by atoms with Crippen LogP contribution in [0, 0.1) is 0 Å². The van der Waals surface area contributed by atoms with E-state index >= 15 is 0 Å². The molecule has 0 aliphatic carbocycles. The first-order valence-electron chi connectivity index (χ1n) is 4.85. The van der Waals surface area contributed by atoms with E-state index in [0.29, 0.717) is 10.2 Å². The number of aromatic nitrogens is 1. The third-order valence-corrected chi connectivity index (χ3v) is 2.40. The molecule has 0 aliphatic heterocycles. The maximum absolute atomic E-state index is 11.7. The number of ether oxygens (including phenoxy) is 1. The molecule has 1 N–H and O–H groups in total. The highest BCUT2D eigenvalue weighted by Crippen LogP contribution is 2.19. The second kappa shape index (κ2) is 7.29. The zero-order valence-corrected chi connectivity index (χ0v) is 10.4. The molecule has 4 nitrogen and oxygen atoms in total. The molecule has 0 saturated carbocycles. The number of alkyl halides is 2. The second-order valence-electron chi connectivity index (χ2n) is 3.12. The number of halogens is 3. The third kappa shape index (κ3) is 5.69. The second-order valence-corrected chi connectivity index (χ2v) is 3.97. The summed E-state index contributed by atoms with van der Waals surface area (Å²) < 4.78 is 28.7. The average Bonchev–Trinajstić information content (AvgIpc) is 2.27. The van der Waals surface area contributed by atoms with Gasteiger partial charge in [-0.15, -0.1) is 0 Å². The van der Waals surface area contributed by atoms with Gasteiger partial charge in [-0.05, 0) is 22.0 Å². The largest absolute Gasteiger partial charge is 0.375 e. The Labute approximate surface area is 105 Å². The zero-order valence-electron chi connectivity index (χ0n) is 8.83. The first kappa shape index (κ1) is 14.0. The van der Waals surface area contributed by atoms with E-state index in [1.165, 1.54) is 6.20 Å². The lowest BCUT2D eigenvalue weighted by Gasteiger charge is -2.07. The lowest BCUT2D eigenvalue weighted by Crippen LogP contribution is -2.16. The molecule has 0 spiro atoms. The van der Waals surface area contributed by atoms with E-state index in [4.69, 9.17) is 0 Å². The van der Waals surface area contributed by atoms with Crippen LogP contribution >= 0.6 is 15.9 Å². The number of amides is 1. The molecule has 0 saturated heterocycles. The summed E-state index contributed by atoms with van der Waals surface area (Å²) >= 11 is 3.22. The van der Waals surface area contributed by atoms with Crippen LogP contribution < -0.4 is 5.32 Å². The fourth-order valence-electron chi connectivity index (χ4n) is 1.03. The van der Waals surface area contributed by atoms with Gasteiger partial charge in [-0.2, -0.15) is 0 Å². The Balaban J connectivity index is 2.28. The molecule has 0 aromatic carbocycles. The van der Waals surface area contributed by atoms with Gasteiger partial charge in [0.2, 0.25) is 5.91 Å². The van der Waals surface area contributed by atoms with Gasteiger partial charge in [0.25, 0.3) is 6.43 Å². The van der Waals surface area contributed by atoms with E-state index in [1.807, 2.05) is 0 Å². The summed E-state index contributed by atoms with van der Waals surface area (Å²) in [5, 5.41) is 2.61. The number of anilines is 1. The number of hydrogen-bond acceptors (Lipinski definition) is 3. The summed E-state index contributed by atoms with van der Waals surface area (Å²) in [4.78, 5) is 15.2. The van der Waals surface area contributed by atoms with Crippen LogP contribution in [0.2, 0.25) is 0 Å². The Bertz CT molecular complexity index is 377. The Morgan fingerprint density at radius 3 is 3.00 bits per heavy atom. The van der Waals surface area contributed by atoms with Crippen LogP contribution in [0.5, 0.6) is 0 Å². The lowest BCUT2D eigenvalue weighted by atomic mass is 10.3. The van der Waals surface area contributed by atoms with Crippen LogP contribution in [0.1, 0.15) is 6.42 Å². The molecule has 0 radical (unpaired) electrons. The number of pyridine rings is 1. The van der Waals surface area contributed by atoms with E-state index in [2.05, 4.69) is 31.0 Å². The van der Waals surface area contributed by atoms with Crippen LogP contribution in [0.25, 0.3) is 0 Å². The fraction of sp³-hybridized carbons (Fsp3) is 0.400. The van der Waals surface area contributed by atoms with Crippen molar-refractivity contribution >= 4 is 27.5 Å². The molecule has 17 heavy (non-hydrogen) atoms. The predicted octanol–water partition coefficient (Wildman–Crippen LogP) is 2.45. The van der Waals surface area contributed by atoms with E-state index < -0.39 is 13.0 Å². The van der Waals surface area contributed by atoms with Crippen LogP contribution in [-0.2, 0) is 9.53 Å². The van der Waals surface area contributed by atoms with Crippen molar-refractivity contribution < 1.29 is 18.3 Å². The van der Waals surface area contributed by atoms with Gasteiger partial charge >= 0.3 is 0 Å². The Morgan fingerprint density at radius 2 is 2.35 bits per heavy atom. The SMILES string of the molecule is O=C(CCOCC(F)F)Nc1ccncc1Br. The minimum atomic E-state index is -2.51. The van der Waals surface area contributed by atoms with Gasteiger partial charge in [0.1, 0.15) is 6.61 Å². The van der Waals surface area contributed by atoms with Gasteiger partial charge in [-0.3, -0.25) is 9.78 Å².